The third-order valence-corrected chi connectivity index (χ3v) is 4.03. The Bertz CT molecular complexity index is 732. The Morgan fingerprint density at radius 1 is 1.35 bits per heavy atom. The van der Waals surface area contributed by atoms with Crippen molar-refractivity contribution >= 4 is 17.4 Å². The summed E-state index contributed by atoms with van der Waals surface area (Å²) in [6, 6.07) is 3.43. The second-order valence-corrected chi connectivity index (χ2v) is 5.67. The van der Waals surface area contributed by atoms with Crippen molar-refractivity contribution in [2.75, 3.05) is 18.6 Å². The van der Waals surface area contributed by atoms with Gasteiger partial charge in [0.05, 0.1) is 25.5 Å². The van der Waals surface area contributed by atoms with E-state index >= 15 is 0 Å². The van der Waals surface area contributed by atoms with E-state index in [2.05, 4.69) is 9.97 Å². The van der Waals surface area contributed by atoms with Crippen molar-refractivity contribution in [1.82, 2.24) is 9.97 Å². The van der Waals surface area contributed by atoms with E-state index in [9.17, 15) is 13.9 Å². The van der Waals surface area contributed by atoms with E-state index in [0.717, 1.165) is 12.1 Å². The maximum Gasteiger partial charge on any atom is 0.318 e. The first-order valence-electron chi connectivity index (χ1n) is 6.95. The van der Waals surface area contributed by atoms with Crippen LogP contribution in [0.3, 0.4) is 0 Å². The van der Waals surface area contributed by atoms with Crippen LogP contribution in [0.15, 0.2) is 24.4 Å². The van der Waals surface area contributed by atoms with Crippen LogP contribution in [0.5, 0.6) is 6.01 Å². The van der Waals surface area contributed by atoms with Crippen molar-refractivity contribution < 1.29 is 18.6 Å². The minimum absolute atomic E-state index is 0.134. The molecule has 1 saturated heterocycles. The molecule has 0 radical (unpaired) electrons. The maximum atomic E-state index is 13.5. The fourth-order valence-corrected chi connectivity index (χ4v) is 2.93. The lowest BCUT2D eigenvalue weighted by molar-refractivity contribution is 0.194. The number of aliphatic hydroxyl groups is 1. The summed E-state index contributed by atoms with van der Waals surface area (Å²) in [5.74, 6) is -1.47. The molecule has 2 atom stereocenters. The summed E-state index contributed by atoms with van der Waals surface area (Å²) < 4.78 is 31.7. The predicted molar refractivity (Wildman–Crippen MR) is 80.7 cm³/mol. The first kappa shape index (κ1) is 15.9. The van der Waals surface area contributed by atoms with Gasteiger partial charge in [-0.05, 0) is 24.1 Å². The van der Waals surface area contributed by atoms with Crippen molar-refractivity contribution in [3.63, 3.8) is 0 Å². The van der Waals surface area contributed by atoms with Crippen LogP contribution in [-0.2, 0) is 0 Å². The molecule has 3 rings (SSSR count). The van der Waals surface area contributed by atoms with Crippen molar-refractivity contribution in [3.05, 3.63) is 46.6 Å². The predicted octanol–water partition coefficient (Wildman–Crippen LogP) is 2.73. The zero-order valence-electron chi connectivity index (χ0n) is 12.2. The molecule has 1 aromatic heterocycles. The van der Waals surface area contributed by atoms with Crippen molar-refractivity contribution in [1.29, 1.82) is 0 Å². The smallest absolute Gasteiger partial charge is 0.318 e. The van der Waals surface area contributed by atoms with E-state index in [0.29, 0.717) is 17.8 Å². The molecular weight excluding hydrogens is 328 g/mol. The SMILES string of the molecule is COc1ncc(Cl)c(N2C[C@H](O)C[C@H]2c2ccc(F)c(F)c2)n1. The van der Waals surface area contributed by atoms with Gasteiger partial charge in [0.25, 0.3) is 0 Å². The number of hydrogen-bond donors (Lipinski definition) is 1. The van der Waals surface area contributed by atoms with Gasteiger partial charge in [-0.15, -0.1) is 0 Å². The monoisotopic (exact) mass is 341 g/mol. The third-order valence-electron chi connectivity index (χ3n) is 3.77. The lowest BCUT2D eigenvalue weighted by atomic mass is 10.0. The molecule has 1 N–H and O–H groups in total. The van der Waals surface area contributed by atoms with Gasteiger partial charge in [-0.1, -0.05) is 17.7 Å². The summed E-state index contributed by atoms with van der Waals surface area (Å²) >= 11 is 6.15. The number of methoxy groups -OCH3 is 1. The highest BCUT2D eigenvalue weighted by Gasteiger charge is 2.34. The fraction of sp³-hybridized carbons (Fsp3) is 0.333. The Morgan fingerprint density at radius 3 is 2.83 bits per heavy atom. The van der Waals surface area contributed by atoms with Gasteiger partial charge >= 0.3 is 6.01 Å². The Morgan fingerprint density at radius 2 is 2.13 bits per heavy atom. The molecule has 0 bridgehead atoms. The Hall–Kier alpha value is -1.99. The van der Waals surface area contributed by atoms with E-state index in [-0.39, 0.29) is 23.6 Å². The molecule has 0 amide bonds. The minimum Gasteiger partial charge on any atom is -0.467 e. The van der Waals surface area contributed by atoms with Crippen LogP contribution in [0.4, 0.5) is 14.6 Å². The molecule has 2 heterocycles. The number of rotatable bonds is 3. The number of aromatic nitrogens is 2. The third kappa shape index (κ3) is 3.07. The van der Waals surface area contributed by atoms with Crippen molar-refractivity contribution in [2.45, 2.75) is 18.6 Å². The Balaban J connectivity index is 2.01. The largest absolute Gasteiger partial charge is 0.467 e. The van der Waals surface area contributed by atoms with E-state index in [1.165, 1.54) is 19.4 Å². The second kappa shape index (κ2) is 6.25. The maximum absolute atomic E-state index is 13.5. The molecule has 1 aliphatic rings. The first-order chi connectivity index (χ1) is 11.0. The highest BCUT2D eigenvalue weighted by atomic mass is 35.5. The van der Waals surface area contributed by atoms with Gasteiger partial charge < -0.3 is 14.7 Å². The first-order valence-corrected chi connectivity index (χ1v) is 7.33. The normalized spacial score (nSPS) is 20.8. The minimum atomic E-state index is -0.935. The number of ether oxygens (including phenoxy) is 1. The van der Waals surface area contributed by atoms with Gasteiger partial charge in [0.2, 0.25) is 0 Å². The second-order valence-electron chi connectivity index (χ2n) is 5.26. The van der Waals surface area contributed by atoms with Gasteiger partial charge in [0, 0.05) is 6.54 Å². The molecule has 23 heavy (non-hydrogen) atoms. The van der Waals surface area contributed by atoms with E-state index in [1.54, 1.807) is 4.90 Å². The van der Waals surface area contributed by atoms with Gasteiger partial charge in [-0.25, -0.2) is 13.8 Å². The lowest BCUT2D eigenvalue weighted by Gasteiger charge is -2.26. The quantitative estimate of drug-likeness (QED) is 0.930. The van der Waals surface area contributed by atoms with E-state index in [4.69, 9.17) is 16.3 Å². The molecule has 1 aromatic carbocycles. The molecule has 8 heteroatoms. The van der Waals surface area contributed by atoms with Crippen molar-refractivity contribution in [3.8, 4) is 6.01 Å². The molecule has 1 fully saturated rings. The molecule has 0 spiro atoms. The number of halogens is 3. The van der Waals surface area contributed by atoms with Gasteiger partial charge in [-0.3, -0.25) is 0 Å². The number of hydrogen-bond acceptors (Lipinski definition) is 5. The lowest BCUT2D eigenvalue weighted by Crippen LogP contribution is -2.26. The van der Waals surface area contributed by atoms with Gasteiger partial charge in [0.1, 0.15) is 5.02 Å². The summed E-state index contributed by atoms with van der Waals surface area (Å²) in [4.78, 5) is 9.85. The molecule has 122 valence electrons. The van der Waals surface area contributed by atoms with Crippen LogP contribution in [0.25, 0.3) is 0 Å². The van der Waals surface area contributed by atoms with Crippen LogP contribution in [0, 0.1) is 11.6 Å². The number of anilines is 1. The molecule has 1 aliphatic heterocycles. The zero-order valence-corrected chi connectivity index (χ0v) is 13.0. The standard InChI is InChI=1S/C15H14ClF2N3O2/c1-23-15-19-6-10(16)14(20-15)21-7-9(22)5-13(21)8-2-3-11(17)12(18)4-8/h2-4,6,9,13,22H,5,7H2,1H3/t9-,13+/m1/s1. The summed E-state index contributed by atoms with van der Waals surface area (Å²) in [7, 11) is 1.43. The van der Waals surface area contributed by atoms with Crippen LogP contribution < -0.4 is 9.64 Å². The zero-order chi connectivity index (χ0) is 16.6. The summed E-state index contributed by atoms with van der Waals surface area (Å²) in [6.07, 6.45) is 1.12. The van der Waals surface area contributed by atoms with Crippen LogP contribution >= 0.6 is 11.6 Å². The molecule has 0 unspecified atom stereocenters. The Kier molecular flexibility index (Phi) is 4.32. The average Bonchev–Trinajstić information content (AvgIpc) is 2.92. The van der Waals surface area contributed by atoms with Crippen molar-refractivity contribution in [2.24, 2.45) is 0 Å². The van der Waals surface area contributed by atoms with E-state index in [1.807, 2.05) is 0 Å². The highest BCUT2D eigenvalue weighted by Crippen LogP contribution is 2.39. The number of nitrogens with zero attached hydrogens (tertiary/aromatic N) is 3. The molecule has 2 aromatic rings. The Labute approximate surface area is 136 Å². The fourth-order valence-electron chi connectivity index (χ4n) is 2.73. The van der Waals surface area contributed by atoms with Crippen LogP contribution in [-0.4, -0.2) is 34.8 Å². The average molecular weight is 342 g/mol. The van der Waals surface area contributed by atoms with Crippen LogP contribution in [0.2, 0.25) is 5.02 Å². The molecular formula is C15H14ClF2N3O2. The molecule has 0 aliphatic carbocycles. The molecule has 0 saturated carbocycles. The van der Waals surface area contributed by atoms with Gasteiger partial charge in [-0.2, -0.15) is 4.98 Å². The number of β-amino-alcohol motifs (C(OH)–C–C–N with tert-alkyl or cyclic N) is 1. The topological polar surface area (TPSA) is 58.5 Å². The highest BCUT2D eigenvalue weighted by molar-refractivity contribution is 6.32. The van der Waals surface area contributed by atoms with Crippen LogP contribution in [0.1, 0.15) is 18.0 Å². The molecule has 5 nitrogen and oxygen atoms in total. The number of aliphatic hydroxyl groups excluding tert-OH is 1. The van der Waals surface area contributed by atoms with E-state index < -0.39 is 17.7 Å². The number of benzene rings is 1. The van der Waals surface area contributed by atoms with Gasteiger partial charge in [0.15, 0.2) is 17.5 Å². The summed E-state index contributed by atoms with van der Waals surface area (Å²) in [6.45, 7) is 0.267. The summed E-state index contributed by atoms with van der Waals surface area (Å²) in [5, 5.41) is 10.3. The summed E-state index contributed by atoms with van der Waals surface area (Å²) in [5.41, 5.74) is 0.536.